The molecular weight excluding hydrogens is 376 g/mol. The molecule has 28 heavy (non-hydrogen) atoms. The molecule has 0 saturated heterocycles. The van der Waals surface area contributed by atoms with Crippen molar-refractivity contribution in [1.29, 1.82) is 0 Å². The van der Waals surface area contributed by atoms with Gasteiger partial charge in [0.05, 0.1) is 18.8 Å². The maximum atomic E-state index is 12.3. The van der Waals surface area contributed by atoms with Gasteiger partial charge in [-0.25, -0.2) is 8.42 Å². The van der Waals surface area contributed by atoms with E-state index in [4.69, 9.17) is 4.74 Å². The van der Waals surface area contributed by atoms with Crippen LogP contribution in [-0.2, 0) is 21.4 Å². The molecule has 7 heteroatoms. The van der Waals surface area contributed by atoms with Gasteiger partial charge in [-0.2, -0.15) is 4.31 Å². The quantitative estimate of drug-likeness (QED) is 0.697. The SMILES string of the molecule is Cc1ccc(CN(CC(=O)N[C@@H](C)COc2ccc(C)cc2)S(C)(=O)=O)cc1. The molecule has 0 aliphatic rings. The molecule has 6 nitrogen and oxygen atoms in total. The molecule has 0 unspecified atom stereocenters. The average molecular weight is 405 g/mol. The maximum absolute atomic E-state index is 12.3. The summed E-state index contributed by atoms with van der Waals surface area (Å²) in [6.07, 6.45) is 1.11. The fourth-order valence-corrected chi connectivity index (χ4v) is 3.30. The zero-order chi connectivity index (χ0) is 20.7. The normalized spacial score (nSPS) is 12.6. The molecule has 2 rings (SSSR count). The first kappa shape index (κ1) is 21.9. The minimum absolute atomic E-state index is 0.154. The number of aryl methyl sites for hydroxylation is 2. The number of hydrogen-bond donors (Lipinski definition) is 1. The van der Waals surface area contributed by atoms with E-state index in [1.54, 1.807) is 0 Å². The molecule has 0 saturated carbocycles. The molecule has 0 aliphatic heterocycles. The second kappa shape index (κ2) is 9.71. The summed E-state index contributed by atoms with van der Waals surface area (Å²) in [5, 5.41) is 2.79. The molecule has 0 fully saturated rings. The Morgan fingerprint density at radius 3 is 2.11 bits per heavy atom. The van der Waals surface area contributed by atoms with Crippen LogP contribution in [-0.4, -0.2) is 44.1 Å². The number of hydrogen-bond acceptors (Lipinski definition) is 4. The Labute approximate surface area is 167 Å². The van der Waals surface area contributed by atoms with E-state index in [9.17, 15) is 13.2 Å². The van der Waals surface area contributed by atoms with Crippen molar-refractivity contribution in [2.45, 2.75) is 33.4 Å². The first-order chi connectivity index (χ1) is 13.1. The van der Waals surface area contributed by atoms with Gasteiger partial charge in [-0.15, -0.1) is 0 Å². The number of benzene rings is 2. The van der Waals surface area contributed by atoms with E-state index >= 15 is 0 Å². The van der Waals surface area contributed by atoms with Gasteiger partial charge in [0.25, 0.3) is 0 Å². The molecule has 1 N–H and O–H groups in total. The number of ether oxygens (including phenoxy) is 1. The highest BCUT2D eigenvalue weighted by Gasteiger charge is 2.21. The zero-order valence-electron chi connectivity index (χ0n) is 16.8. The van der Waals surface area contributed by atoms with Crippen LogP contribution in [0, 0.1) is 13.8 Å². The summed E-state index contributed by atoms with van der Waals surface area (Å²) in [6, 6.07) is 15.0. The Morgan fingerprint density at radius 2 is 1.57 bits per heavy atom. The van der Waals surface area contributed by atoms with Crippen LogP contribution in [0.4, 0.5) is 0 Å². The van der Waals surface area contributed by atoms with Crippen LogP contribution in [0.1, 0.15) is 23.6 Å². The summed E-state index contributed by atoms with van der Waals surface area (Å²) >= 11 is 0. The largest absolute Gasteiger partial charge is 0.491 e. The lowest BCUT2D eigenvalue weighted by Gasteiger charge is -2.21. The van der Waals surface area contributed by atoms with Crippen molar-refractivity contribution in [3.63, 3.8) is 0 Å². The number of nitrogens with one attached hydrogen (secondary N) is 1. The summed E-state index contributed by atoms with van der Waals surface area (Å²) in [5.41, 5.74) is 3.07. The number of nitrogens with zero attached hydrogens (tertiary/aromatic N) is 1. The molecule has 2 aromatic carbocycles. The molecule has 1 amide bonds. The number of carbonyl (C=O) groups excluding carboxylic acids is 1. The number of rotatable bonds is 9. The third kappa shape index (κ3) is 7.32. The van der Waals surface area contributed by atoms with Gasteiger partial charge in [-0.3, -0.25) is 4.79 Å². The minimum Gasteiger partial charge on any atom is -0.491 e. The molecule has 0 aliphatic carbocycles. The zero-order valence-corrected chi connectivity index (χ0v) is 17.6. The molecule has 2 aromatic rings. The van der Waals surface area contributed by atoms with Gasteiger partial charge in [0.1, 0.15) is 12.4 Å². The lowest BCUT2D eigenvalue weighted by atomic mass is 10.1. The van der Waals surface area contributed by atoms with Crippen LogP contribution >= 0.6 is 0 Å². The van der Waals surface area contributed by atoms with Gasteiger partial charge in [-0.1, -0.05) is 47.5 Å². The predicted octanol–water partition coefficient (Wildman–Crippen LogP) is 2.65. The van der Waals surface area contributed by atoms with Crippen LogP contribution < -0.4 is 10.1 Å². The monoisotopic (exact) mass is 404 g/mol. The average Bonchev–Trinajstić information content (AvgIpc) is 2.61. The standard InChI is InChI=1S/C21H28N2O4S/c1-16-5-9-19(10-6-16)13-23(28(4,25)26)14-21(24)22-18(3)15-27-20-11-7-17(2)8-12-20/h5-12,18H,13-15H2,1-4H3,(H,22,24)/t18-/m0/s1. The highest BCUT2D eigenvalue weighted by atomic mass is 32.2. The lowest BCUT2D eigenvalue weighted by molar-refractivity contribution is -0.122. The van der Waals surface area contributed by atoms with Crippen molar-refractivity contribution >= 4 is 15.9 Å². The molecule has 0 spiro atoms. The van der Waals surface area contributed by atoms with Crippen molar-refractivity contribution < 1.29 is 17.9 Å². The molecule has 0 heterocycles. The number of carbonyl (C=O) groups is 1. The molecule has 0 radical (unpaired) electrons. The van der Waals surface area contributed by atoms with E-state index in [-0.39, 0.29) is 25.0 Å². The highest BCUT2D eigenvalue weighted by molar-refractivity contribution is 7.88. The van der Waals surface area contributed by atoms with Gasteiger partial charge in [0.2, 0.25) is 15.9 Å². The molecule has 1 atom stereocenters. The van der Waals surface area contributed by atoms with Gasteiger partial charge < -0.3 is 10.1 Å². The summed E-state index contributed by atoms with van der Waals surface area (Å²) in [5.74, 6) is 0.362. The van der Waals surface area contributed by atoms with Gasteiger partial charge in [0.15, 0.2) is 0 Å². The Kier molecular flexibility index (Phi) is 7.60. The van der Waals surface area contributed by atoms with Crippen LogP contribution in [0.5, 0.6) is 5.75 Å². The Balaban J connectivity index is 1.89. The lowest BCUT2D eigenvalue weighted by Crippen LogP contribution is -2.44. The maximum Gasteiger partial charge on any atom is 0.235 e. The second-order valence-electron chi connectivity index (χ2n) is 7.11. The fourth-order valence-electron chi connectivity index (χ4n) is 2.57. The van der Waals surface area contributed by atoms with Crippen LogP contribution in [0.25, 0.3) is 0 Å². The topological polar surface area (TPSA) is 75.7 Å². The summed E-state index contributed by atoms with van der Waals surface area (Å²) < 4.78 is 31.0. The Bertz CT molecular complexity index is 878. The predicted molar refractivity (Wildman–Crippen MR) is 111 cm³/mol. The Hall–Kier alpha value is -2.38. The first-order valence-electron chi connectivity index (χ1n) is 9.13. The van der Waals surface area contributed by atoms with Crippen molar-refractivity contribution in [3.8, 4) is 5.75 Å². The Morgan fingerprint density at radius 1 is 1.04 bits per heavy atom. The minimum atomic E-state index is -3.52. The second-order valence-corrected chi connectivity index (χ2v) is 9.09. The third-order valence-corrected chi connectivity index (χ3v) is 5.39. The number of sulfonamides is 1. The van der Waals surface area contributed by atoms with E-state index in [2.05, 4.69) is 5.32 Å². The van der Waals surface area contributed by atoms with E-state index in [1.807, 2.05) is 69.3 Å². The highest BCUT2D eigenvalue weighted by Crippen LogP contribution is 2.12. The summed E-state index contributed by atoms with van der Waals surface area (Å²) in [7, 11) is -3.52. The van der Waals surface area contributed by atoms with Crippen molar-refractivity contribution in [3.05, 3.63) is 65.2 Å². The molecule has 152 valence electrons. The van der Waals surface area contributed by atoms with Crippen LogP contribution in [0.15, 0.2) is 48.5 Å². The van der Waals surface area contributed by atoms with Gasteiger partial charge in [-0.05, 0) is 38.5 Å². The van der Waals surface area contributed by atoms with E-state index < -0.39 is 10.0 Å². The molecular formula is C21H28N2O4S. The third-order valence-electron chi connectivity index (χ3n) is 4.20. The molecule has 0 bridgehead atoms. The molecule has 0 aromatic heterocycles. The van der Waals surface area contributed by atoms with Crippen molar-refractivity contribution in [2.24, 2.45) is 0 Å². The number of amides is 1. The van der Waals surface area contributed by atoms with Crippen LogP contribution in [0.2, 0.25) is 0 Å². The van der Waals surface area contributed by atoms with E-state index in [1.165, 1.54) is 4.31 Å². The summed E-state index contributed by atoms with van der Waals surface area (Å²) in [6.45, 7) is 5.99. The van der Waals surface area contributed by atoms with E-state index in [0.717, 1.165) is 28.7 Å². The smallest absolute Gasteiger partial charge is 0.235 e. The summed E-state index contributed by atoms with van der Waals surface area (Å²) in [4.78, 5) is 12.3. The van der Waals surface area contributed by atoms with Crippen molar-refractivity contribution in [2.75, 3.05) is 19.4 Å². The van der Waals surface area contributed by atoms with Gasteiger partial charge >= 0.3 is 0 Å². The van der Waals surface area contributed by atoms with Crippen LogP contribution in [0.3, 0.4) is 0 Å². The van der Waals surface area contributed by atoms with Gasteiger partial charge in [0, 0.05) is 6.54 Å². The first-order valence-corrected chi connectivity index (χ1v) is 11.0. The van der Waals surface area contributed by atoms with E-state index in [0.29, 0.717) is 6.61 Å². The van der Waals surface area contributed by atoms with Crippen molar-refractivity contribution in [1.82, 2.24) is 9.62 Å². The fraction of sp³-hybridized carbons (Fsp3) is 0.381.